The number of amides is 1. The number of aryl methyl sites for hydroxylation is 2. The first-order valence-corrected chi connectivity index (χ1v) is 8.84. The smallest absolute Gasteiger partial charge is 0.265 e. The van der Waals surface area contributed by atoms with Crippen LogP contribution in [0.2, 0.25) is 0 Å². The van der Waals surface area contributed by atoms with Gasteiger partial charge in [0, 0.05) is 17.3 Å². The molecule has 3 nitrogen and oxygen atoms in total. The van der Waals surface area contributed by atoms with Crippen LogP contribution in [0.1, 0.15) is 26.4 Å². The zero-order chi connectivity index (χ0) is 18.7. The first-order valence-electron chi connectivity index (χ1n) is 7.96. The van der Waals surface area contributed by atoms with E-state index in [1.165, 1.54) is 17.4 Å². The second kappa shape index (κ2) is 7.66. The van der Waals surface area contributed by atoms with Crippen LogP contribution >= 0.6 is 11.3 Å². The molecule has 0 radical (unpaired) electrons. The van der Waals surface area contributed by atoms with E-state index in [0.717, 1.165) is 34.5 Å². The Balaban J connectivity index is 1.65. The van der Waals surface area contributed by atoms with Crippen LogP contribution in [0.25, 0.3) is 0 Å². The van der Waals surface area contributed by atoms with Crippen molar-refractivity contribution >= 4 is 22.9 Å². The largest absolute Gasteiger partial charge is 0.486 e. The van der Waals surface area contributed by atoms with Crippen LogP contribution in [0.4, 0.5) is 14.5 Å². The summed E-state index contributed by atoms with van der Waals surface area (Å²) in [6, 6.07) is 10.7. The molecule has 3 rings (SSSR count). The van der Waals surface area contributed by atoms with E-state index in [2.05, 4.69) is 5.32 Å². The standard InChI is InChI=1S/C20H17F2NO2S/c1-12-3-4-13(2)17(7-12)23-20(24)19-8-14(11-26-19)10-25-18-6-5-15(21)9-16(18)22/h3-9,11H,10H2,1-2H3,(H,23,24). The lowest BCUT2D eigenvalue weighted by Gasteiger charge is -2.08. The molecule has 3 aromatic rings. The normalized spacial score (nSPS) is 10.6. The lowest BCUT2D eigenvalue weighted by Crippen LogP contribution is -2.11. The molecule has 1 N–H and O–H groups in total. The number of hydrogen-bond acceptors (Lipinski definition) is 3. The highest BCUT2D eigenvalue weighted by Crippen LogP contribution is 2.23. The molecular weight excluding hydrogens is 356 g/mol. The van der Waals surface area contributed by atoms with Crippen LogP contribution in [-0.4, -0.2) is 5.91 Å². The molecule has 0 spiro atoms. The summed E-state index contributed by atoms with van der Waals surface area (Å²) in [5.74, 6) is -1.65. The number of carbonyl (C=O) groups is 1. The number of halogens is 2. The molecule has 0 atom stereocenters. The highest BCUT2D eigenvalue weighted by molar-refractivity contribution is 7.12. The third-order valence-corrected chi connectivity index (χ3v) is 4.78. The van der Waals surface area contributed by atoms with Gasteiger partial charge in [-0.1, -0.05) is 12.1 Å². The average Bonchev–Trinajstić information content (AvgIpc) is 3.06. The van der Waals surface area contributed by atoms with Crippen molar-refractivity contribution in [1.82, 2.24) is 0 Å². The van der Waals surface area contributed by atoms with Crippen LogP contribution < -0.4 is 10.1 Å². The summed E-state index contributed by atoms with van der Waals surface area (Å²) in [6.45, 7) is 3.99. The highest BCUT2D eigenvalue weighted by Gasteiger charge is 2.12. The van der Waals surface area contributed by atoms with E-state index >= 15 is 0 Å². The Labute approximate surface area is 154 Å². The number of anilines is 1. The van der Waals surface area contributed by atoms with Crippen molar-refractivity contribution in [3.8, 4) is 5.75 Å². The maximum Gasteiger partial charge on any atom is 0.265 e. The molecule has 1 aromatic heterocycles. The van der Waals surface area contributed by atoms with Crippen molar-refractivity contribution in [3.05, 3.63) is 81.0 Å². The molecule has 0 fully saturated rings. The van der Waals surface area contributed by atoms with Crippen LogP contribution in [0, 0.1) is 25.5 Å². The lowest BCUT2D eigenvalue weighted by atomic mass is 10.1. The summed E-state index contributed by atoms with van der Waals surface area (Å²) in [6.07, 6.45) is 0. The molecule has 26 heavy (non-hydrogen) atoms. The van der Waals surface area contributed by atoms with Crippen molar-refractivity contribution in [2.24, 2.45) is 0 Å². The number of carbonyl (C=O) groups excluding carboxylic acids is 1. The zero-order valence-electron chi connectivity index (χ0n) is 14.3. The van der Waals surface area contributed by atoms with Gasteiger partial charge in [-0.05, 0) is 54.6 Å². The fourth-order valence-electron chi connectivity index (χ4n) is 2.38. The third-order valence-electron chi connectivity index (χ3n) is 3.81. The van der Waals surface area contributed by atoms with Crippen molar-refractivity contribution in [2.75, 3.05) is 5.32 Å². The van der Waals surface area contributed by atoms with Gasteiger partial charge in [0.1, 0.15) is 12.4 Å². The molecule has 0 unspecified atom stereocenters. The van der Waals surface area contributed by atoms with E-state index in [1.807, 2.05) is 32.0 Å². The monoisotopic (exact) mass is 373 g/mol. The summed E-state index contributed by atoms with van der Waals surface area (Å²) in [5.41, 5.74) is 3.56. The molecule has 0 saturated heterocycles. The lowest BCUT2D eigenvalue weighted by molar-refractivity contribution is 0.103. The van der Waals surface area contributed by atoms with E-state index in [4.69, 9.17) is 4.74 Å². The maximum absolute atomic E-state index is 13.6. The average molecular weight is 373 g/mol. The SMILES string of the molecule is Cc1ccc(C)c(NC(=O)c2cc(COc3ccc(F)cc3F)cs2)c1. The van der Waals surface area contributed by atoms with Crippen molar-refractivity contribution < 1.29 is 18.3 Å². The minimum Gasteiger partial charge on any atom is -0.486 e. The second-order valence-electron chi connectivity index (χ2n) is 5.96. The predicted octanol–water partition coefficient (Wildman–Crippen LogP) is 5.47. The first-order chi connectivity index (χ1) is 12.4. The quantitative estimate of drug-likeness (QED) is 0.644. The van der Waals surface area contributed by atoms with Crippen molar-refractivity contribution in [3.63, 3.8) is 0 Å². The number of thiophene rings is 1. The summed E-state index contributed by atoms with van der Waals surface area (Å²) >= 11 is 1.28. The van der Waals surface area contributed by atoms with E-state index in [1.54, 1.807) is 11.4 Å². The summed E-state index contributed by atoms with van der Waals surface area (Å²) in [5, 5.41) is 4.68. The van der Waals surface area contributed by atoms with Gasteiger partial charge >= 0.3 is 0 Å². The number of rotatable bonds is 5. The Hall–Kier alpha value is -2.73. The maximum atomic E-state index is 13.6. The van der Waals surface area contributed by atoms with Gasteiger partial charge in [0.05, 0.1) is 4.88 Å². The molecule has 134 valence electrons. The van der Waals surface area contributed by atoms with Gasteiger partial charge in [-0.2, -0.15) is 0 Å². The molecule has 0 aliphatic carbocycles. The predicted molar refractivity (Wildman–Crippen MR) is 98.9 cm³/mol. The summed E-state index contributed by atoms with van der Waals surface area (Å²) in [7, 11) is 0. The highest BCUT2D eigenvalue weighted by atomic mass is 32.1. The third kappa shape index (κ3) is 4.26. The molecule has 2 aromatic carbocycles. The number of benzene rings is 2. The molecule has 0 bridgehead atoms. The Morgan fingerprint density at radius 2 is 1.92 bits per heavy atom. The van der Waals surface area contributed by atoms with Crippen molar-refractivity contribution in [2.45, 2.75) is 20.5 Å². The topological polar surface area (TPSA) is 38.3 Å². The molecule has 0 saturated carbocycles. The molecule has 0 aliphatic heterocycles. The first kappa shape index (κ1) is 18.1. The zero-order valence-corrected chi connectivity index (χ0v) is 15.1. The van der Waals surface area contributed by atoms with Crippen molar-refractivity contribution in [1.29, 1.82) is 0 Å². The minimum absolute atomic E-state index is 0.0287. The van der Waals surface area contributed by atoms with Gasteiger partial charge in [0.15, 0.2) is 11.6 Å². The summed E-state index contributed by atoms with van der Waals surface area (Å²) in [4.78, 5) is 12.9. The molecular formula is C20H17F2NO2S. The van der Waals surface area contributed by atoms with Crippen LogP contribution in [0.15, 0.2) is 47.8 Å². The number of ether oxygens (including phenoxy) is 1. The fraction of sp³-hybridized carbons (Fsp3) is 0.150. The van der Waals surface area contributed by atoms with E-state index in [-0.39, 0.29) is 18.3 Å². The van der Waals surface area contributed by atoms with Gasteiger partial charge < -0.3 is 10.1 Å². The van der Waals surface area contributed by atoms with Gasteiger partial charge in [-0.3, -0.25) is 4.79 Å². The molecule has 0 aliphatic rings. The van der Waals surface area contributed by atoms with Crippen LogP contribution in [0.5, 0.6) is 5.75 Å². The van der Waals surface area contributed by atoms with Gasteiger partial charge in [0.2, 0.25) is 0 Å². The van der Waals surface area contributed by atoms with Crippen LogP contribution in [-0.2, 0) is 6.61 Å². The van der Waals surface area contributed by atoms with Gasteiger partial charge in [-0.15, -0.1) is 11.3 Å². The number of hydrogen-bond donors (Lipinski definition) is 1. The Bertz CT molecular complexity index is 953. The van der Waals surface area contributed by atoms with Gasteiger partial charge in [0.25, 0.3) is 5.91 Å². The molecule has 1 amide bonds. The number of nitrogens with one attached hydrogen (secondary N) is 1. The summed E-state index contributed by atoms with van der Waals surface area (Å²) < 4.78 is 31.8. The van der Waals surface area contributed by atoms with Gasteiger partial charge in [-0.25, -0.2) is 8.78 Å². The minimum atomic E-state index is -0.756. The molecule has 6 heteroatoms. The van der Waals surface area contributed by atoms with E-state index < -0.39 is 11.6 Å². The molecule has 1 heterocycles. The van der Waals surface area contributed by atoms with Crippen LogP contribution in [0.3, 0.4) is 0 Å². The Kier molecular flexibility index (Phi) is 5.32. The van der Waals surface area contributed by atoms with E-state index in [0.29, 0.717) is 4.88 Å². The van der Waals surface area contributed by atoms with E-state index in [9.17, 15) is 13.6 Å². The Morgan fingerprint density at radius 3 is 2.69 bits per heavy atom. The fourth-order valence-corrected chi connectivity index (χ4v) is 3.17. The Morgan fingerprint density at radius 1 is 1.12 bits per heavy atom. The second-order valence-corrected chi connectivity index (χ2v) is 6.87.